The molecule has 0 aromatic carbocycles. The van der Waals surface area contributed by atoms with E-state index >= 15 is 0 Å². The summed E-state index contributed by atoms with van der Waals surface area (Å²) in [5.74, 6) is 1.04. The van der Waals surface area contributed by atoms with Crippen molar-refractivity contribution in [2.24, 2.45) is 11.3 Å². The van der Waals surface area contributed by atoms with Crippen LogP contribution < -0.4 is 5.32 Å². The summed E-state index contributed by atoms with van der Waals surface area (Å²) in [6.07, 6.45) is 2.13. The summed E-state index contributed by atoms with van der Waals surface area (Å²) in [6.45, 7) is 10.0. The zero-order chi connectivity index (χ0) is 15.3. The van der Waals surface area contributed by atoms with Gasteiger partial charge < -0.3 is 14.8 Å². The summed E-state index contributed by atoms with van der Waals surface area (Å²) in [4.78, 5) is 12.3. The lowest BCUT2D eigenvalue weighted by Gasteiger charge is -2.28. The Balaban J connectivity index is 2.49. The average molecular weight is 281 g/mol. The summed E-state index contributed by atoms with van der Waals surface area (Å²) < 4.78 is 5.16. The molecule has 20 heavy (non-hydrogen) atoms. The van der Waals surface area contributed by atoms with Gasteiger partial charge in [-0.3, -0.25) is 4.79 Å². The highest BCUT2D eigenvalue weighted by Gasteiger charge is 2.29. The Bertz CT molecular complexity index is 409. The van der Waals surface area contributed by atoms with E-state index in [1.54, 1.807) is 12.1 Å². The number of carbonyl (C=O) groups excluding carboxylic acids is 1. The van der Waals surface area contributed by atoms with Gasteiger partial charge in [-0.2, -0.15) is 0 Å². The molecule has 0 spiro atoms. The highest BCUT2D eigenvalue weighted by atomic mass is 16.4. The van der Waals surface area contributed by atoms with Crippen LogP contribution in [0.25, 0.3) is 0 Å². The monoisotopic (exact) mass is 281 g/mol. The first kappa shape index (κ1) is 16.8. The van der Waals surface area contributed by atoms with Crippen LogP contribution in [-0.2, 0) is 4.79 Å². The molecule has 2 unspecified atom stereocenters. The van der Waals surface area contributed by atoms with Gasteiger partial charge >= 0.3 is 0 Å². The summed E-state index contributed by atoms with van der Waals surface area (Å²) in [5, 5.41) is 13.0. The topological polar surface area (TPSA) is 62.5 Å². The maximum atomic E-state index is 12.3. The molecule has 0 saturated heterocycles. The molecule has 0 aliphatic heterocycles. The Morgan fingerprint density at radius 2 is 2.05 bits per heavy atom. The first-order chi connectivity index (χ1) is 9.22. The Labute approximate surface area is 121 Å². The Morgan fingerprint density at radius 1 is 1.40 bits per heavy atom. The Kier molecular flexibility index (Phi) is 5.81. The maximum Gasteiger partial charge on any atom is 0.225 e. The summed E-state index contributed by atoms with van der Waals surface area (Å²) in [5.41, 5.74) is -0.391. The number of aliphatic hydroxyl groups excluding tert-OH is 1. The molecule has 1 aromatic heterocycles. The van der Waals surface area contributed by atoms with Crippen molar-refractivity contribution < 1.29 is 14.3 Å². The lowest BCUT2D eigenvalue weighted by atomic mass is 9.83. The van der Waals surface area contributed by atoms with Crippen molar-refractivity contribution in [2.45, 2.75) is 59.6 Å². The second kappa shape index (κ2) is 6.93. The molecular weight excluding hydrogens is 254 g/mol. The molecule has 0 saturated carbocycles. The average Bonchev–Trinajstić information content (AvgIpc) is 2.79. The molecule has 4 nitrogen and oxygen atoms in total. The van der Waals surface area contributed by atoms with Crippen molar-refractivity contribution in [1.29, 1.82) is 0 Å². The highest BCUT2D eigenvalue weighted by Crippen LogP contribution is 2.26. The molecule has 2 N–H and O–H groups in total. The van der Waals surface area contributed by atoms with E-state index in [9.17, 15) is 9.90 Å². The van der Waals surface area contributed by atoms with E-state index in [2.05, 4.69) is 19.2 Å². The number of hydrogen-bond acceptors (Lipinski definition) is 3. The molecule has 1 rings (SSSR count). The zero-order valence-electron chi connectivity index (χ0n) is 13.1. The number of carbonyl (C=O) groups is 1. The zero-order valence-corrected chi connectivity index (χ0v) is 13.1. The number of amides is 1. The highest BCUT2D eigenvalue weighted by molar-refractivity contribution is 5.82. The molecule has 0 fully saturated rings. The van der Waals surface area contributed by atoms with Crippen LogP contribution in [0.5, 0.6) is 0 Å². The molecule has 2 atom stereocenters. The van der Waals surface area contributed by atoms with E-state index < -0.39 is 11.5 Å². The van der Waals surface area contributed by atoms with E-state index in [4.69, 9.17) is 4.42 Å². The van der Waals surface area contributed by atoms with Crippen molar-refractivity contribution >= 4 is 5.91 Å². The summed E-state index contributed by atoms with van der Waals surface area (Å²) in [6, 6.07) is 3.38. The smallest absolute Gasteiger partial charge is 0.225 e. The third-order valence-corrected chi connectivity index (χ3v) is 3.36. The van der Waals surface area contributed by atoms with Crippen molar-refractivity contribution in [3.63, 3.8) is 0 Å². The van der Waals surface area contributed by atoms with Crippen LogP contribution in [0.4, 0.5) is 0 Å². The minimum Gasteiger partial charge on any atom is -0.467 e. The van der Waals surface area contributed by atoms with Crippen LogP contribution in [0.3, 0.4) is 0 Å². The largest absolute Gasteiger partial charge is 0.467 e. The molecule has 1 amide bonds. The summed E-state index contributed by atoms with van der Waals surface area (Å²) in [7, 11) is 0. The van der Waals surface area contributed by atoms with Crippen molar-refractivity contribution in [2.75, 3.05) is 0 Å². The molecular formula is C16H27NO3. The van der Waals surface area contributed by atoms with Gasteiger partial charge in [0.05, 0.1) is 6.26 Å². The van der Waals surface area contributed by atoms with Gasteiger partial charge in [0.2, 0.25) is 5.91 Å². The van der Waals surface area contributed by atoms with Gasteiger partial charge in [-0.25, -0.2) is 0 Å². The predicted octanol–water partition coefficient (Wildman–Crippen LogP) is 3.28. The van der Waals surface area contributed by atoms with Crippen LogP contribution in [0.2, 0.25) is 0 Å². The van der Waals surface area contributed by atoms with Gasteiger partial charge in [-0.15, -0.1) is 0 Å². The molecule has 114 valence electrons. The van der Waals surface area contributed by atoms with Gasteiger partial charge in [0.15, 0.2) is 0 Å². The lowest BCUT2D eigenvalue weighted by Crippen LogP contribution is -2.42. The van der Waals surface area contributed by atoms with Gasteiger partial charge in [-0.1, -0.05) is 27.7 Å². The Hall–Kier alpha value is -1.29. The molecule has 1 aromatic rings. The first-order valence-corrected chi connectivity index (χ1v) is 7.25. The fourth-order valence-electron chi connectivity index (χ4n) is 2.52. The van der Waals surface area contributed by atoms with E-state index in [0.29, 0.717) is 18.1 Å². The minimum atomic E-state index is -0.687. The lowest BCUT2D eigenvalue weighted by molar-refractivity contribution is -0.131. The molecule has 4 heteroatoms. The SMILES string of the molecule is CC(C)CC(C)(C)C(=O)NC(C)CC(O)c1ccco1. The van der Waals surface area contributed by atoms with E-state index in [-0.39, 0.29) is 11.9 Å². The van der Waals surface area contributed by atoms with Crippen molar-refractivity contribution in [3.8, 4) is 0 Å². The Morgan fingerprint density at radius 3 is 2.55 bits per heavy atom. The van der Waals surface area contributed by atoms with Crippen molar-refractivity contribution in [1.82, 2.24) is 5.32 Å². The van der Waals surface area contributed by atoms with E-state index in [0.717, 1.165) is 6.42 Å². The second-order valence-electron chi connectivity index (χ2n) is 6.62. The fourth-order valence-corrected chi connectivity index (χ4v) is 2.52. The van der Waals surface area contributed by atoms with Crippen molar-refractivity contribution in [3.05, 3.63) is 24.2 Å². The van der Waals surface area contributed by atoms with Gasteiger partial charge in [0.25, 0.3) is 0 Å². The number of nitrogens with one attached hydrogen (secondary N) is 1. The van der Waals surface area contributed by atoms with Crippen LogP contribution in [0, 0.1) is 11.3 Å². The first-order valence-electron chi connectivity index (χ1n) is 7.25. The molecule has 0 radical (unpaired) electrons. The van der Waals surface area contributed by atoms with Crippen LogP contribution >= 0.6 is 0 Å². The maximum absolute atomic E-state index is 12.3. The van der Waals surface area contributed by atoms with Crippen LogP contribution in [-0.4, -0.2) is 17.1 Å². The van der Waals surface area contributed by atoms with E-state index in [1.807, 2.05) is 20.8 Å². The molecule has 1 heterocycles. The third kappa shape index (κ3) is 5.00. The van der Waals surface area contributed by atoms with Gasteiger partial charge in [0, 0.05) is 17.9 Å². The molecule has 0 bridgehead atoms. The van der Waals surface area contributed by atoms with Crippen LogP contribution in [0.15, 0.2) is 22.8 Å². The van der Waals surface area contributed by atoms with Crippen LogP contribution in [0.1, 0.15) is 59.3 Å². The number of furan rings is 1. The number of aliphatic hydroxyl groups is 1. The third-order valence-electron chi connectivity index (χ3n) is 3.36. The quantitative estimate of drug-likeness (QED) is 0.806. The van der Waals surface area contributed by atoms with Gasteiger partial charge in [0.1, 0.15) is 11.9 Å². The second-order valence-corrected chi connectivity index (χ2v) is 6.62. The van der Waals surface area contributed by atoms with Gasteiger partial charge in [-0.05, 0) is 31.4 Å². The minimum absolute atomic E-state index is 0.0327. The molecule has 0 aliphatic rings. The predicted molar refractivity (Wildman–Crippen MR) is 79.1 cm³/mol. The fraction of sp³-hybridized carbons (Fsp3) is 0.688. The number of rotatable bonds is 7. The standard InChI is InChI=1S/C16H27NO3/c1-11(2)10-16(4,5)15(19)17-12(3)9-13(18)14-7-6-8-20-14/h6-8,11-13,18H,9-10H2,1-5H3,(H,17,19). The molecule has 0 aliphatic carbocycles. The van der Waals surface area contributed by atoms with E-state index in [1.165, 1.54) is 6.26 Å². The normalized spacial score (nSPS) is 15.2. The number of hydrogen-bond donors (Lipinski definition) is 2. The summed E-state index contributed by atoms with van der Waals surface area (Å²) >= 11 is 0.